The number of nitrogens with zero attached hydrogens (tertiary/aromatic N) is 6. The van der Waals surface area contributed by atoms with Crippen molar-refractivity contribution in [3.63, 3.8) is 0 Å². The highest BCUT2D eigenvalue weighted by atomic mass is 79.9. The molecule has 11 heterocycles. The predicted molar refractivity (Wildman–Crippen MR) is 379 cm³/mol. The number of rotatable bonds is 24. The molecule has 0 bridgehead atoms. The van der Waals surface area contributed by atoms with Gasteiger partial charge in [0.15, 0.2) is 43.5 Å². The zero-order valence-corrected chi connectivity index (χ0v) is 61.6. The number of phenolic OH excluding ortho intramolecular Hbond substituents is 1. The fourth-order valence-electron chi connectivity index (χ4n) is 15.2. The maximum absolute atomic E-state index is 12.9. The maximum Gasteiger partial charge on any atom is 0.344 e. The molecule has 102 heavy (non-hydrogen) atoms. The number of unbranched alkanes of at least 4 members (excludes halogenated alkanes) is 6. The van der Waals surface area contributed by atoms with Gasteiger partial charge in [0.1, 0.15) is 36.5 Å². The van der Waals surface area contributed by atoms with E-state index in [1.807, 2.05) is 96.3 Å². The van der Waals surface area contributed by atoms with Crippen LogP contribution >= 0.6 is 0 Å². The number of esters is 1. The average molecular weight is 1520 g/mol. The van der Waals surface area contributed by atoms with Crippen molar-refractivity contribution in [3.8, 4) is 28.0 Å². The van der Waals surface area contributed by atoms with Crippen molar-refractivity contribution in [3.05, 3.63) is 169 Å². The molecule has 5 aromatic heterocycles. The van der Waals surface area contributed by atoms with E-state index in [0.717, 1.165) is 219 Å². The van der Waals surface area contributed by atoms with Crippen LogP contribution in [0.2, 0.25) is 0 Å². The summed E-state index contributed by atoms with van der Waals surface area (Å²) < 4.78 is 22.9. The van der Waals surface area contributed by atoms with Crippen molar-refractivity contribution in [2.24, 2.45) is 0 Å². The quantitative estimate of drug-likeness (QED) is 0.0248. The first kappa shape index (κ1) is 77.4. The van der Waals surface area contributed by atoms with E-state index in [0.29, 0.717) is 42.6 Å². The van der Waals surface area contributed by atoms with Gasteiger partial charge >= 0.3 is 29.2 Å². The van der Waals surface area contributed by atoms with Crippen LogP contribution in [0.3, 0.4) is 0 Å². The van der Waals surface area contributed by atoms with Gasteiger partial charge in [0.05, 0.1) is 29.7 Å². The van der Waals surface area contributed by atoms with Gasteiger partial charge < -0.3 is 87.5 Å². The van der Waals surface area contributed by atoms with Crippen LogP contribution in [0.4, 0.5) is 17.1 Å². The third-order valence-corrected chi connectivity index (χ3v) is 20.0. The van der Waals surface area contributed by atoms with E-state index in [2.05, 4.69) is 36.0 Å². The molecule has 0 unspecified atom stereocenters. The third-order valence-electron chi connectivity index (χ3n) is 20.0. The molecule has 0 fully saturated rings. The summed E-state index contributed by atoms with van der Waals surface area (Å²) in [5.41, 5.74) is 16.5. The summed E-state index contributed by atoms with van der Waals surface area (Å²) in [5, 5.41) is 39.8. The molecule has 8 aromatic rings. The maximum atomic E-state index is 12.9. The first-order valence-electron chi connectivity index (χ1n) is 36.2. The monoisotopic (exact) mass is 1520 g/mol. The first-order valence-corrected chi connectivity index (χ1v) is 36.2. The molecule has 0 saturated carbocycles. The Balaban J connectivity index is 0.000000163. The van der Waals surface area contributed by atoms with Crippen LogP contribution in [0.25, 0.3) is 44.2 Å². The van der Waals surface area contributed by atoms with Crippen molar-refractivity contribution in [2.75, 3.05) is 60.6 Å². The van der Waals surface area contributed by atoms with E-state index in [9.17, 15) is 43.8 Å². The second-order valence-electron chi connectivity index (χ2n) is 27.1. The number of halogens is 2. The second kappa shape index (κ2) is 37.4. The summed E-state index contributed by atoms with van der Waals surface area (Å²) in [6.45, 7) is 11.2. The van der Waals surface area contributed by atoms with E-state index in [-0.39, 0.29) is 76.2 Å². The van der Waals surface area contributed by atoms with Gasteiger partial charge in [-0.25, -0.2) is 23.3 Å². The van der Waals surface area contributed by atoms with Crippen molar-refractivity contribution in [2.45, 2.75) is 187 Å². The summed E-state index contributed by atoms with van der Waals surface area (Å²) in [7, 11) is 0. The first-order chi connectivity index (χ1) is 48.6. The van der Waals surface area contributed by atoms with Gasteiger partial charge in [-0.1, -0.05) is 0 Å². The molecule has 0 amide bonds. The summed E-state index contributed by atoms with van der Waals surface area (Å²) in [4.78, 5) is 86.8. The Hall–Kier alpha value is -8.76. The van der Waals surface area contributed by atoms with Crippen molar-refractivity contribution >= 4 is 69.2 Å². The number of fused-ring (bicyclic) bond motifs is 4. The van der Waals surface area contributed by atoms with Crippen LogP contribution in [0, 0.1) is 0 Å². The zero-order chi connectivity index (χ0) is 70.1. The third kappa shape index (κ3) is 19.7. The summed E-state index contributed by atoms with van der Waals surface area (Å²) in [6.07, 6.45) is 33.7. The smallest absolute Gasteiger partial charge is 0.344 e. The SMILES string of the molecule is CCOC(=O)Cc1cc[n+](CCCCCC(=O)O)cc1.O=C(O)CCCCC[n+]1ccc(-c2cc3cc4c5c(c3oc2=O)CCCN5CCC4)cc1.O=C([O-])CCCCC[n+]1ccc(-c2cc3cc4c5c(c3oc2=O)CCCN5CCC4)cc1.O=Cc1cc2c3c(c1O)CCCN3CCC2.[Br-].[Br-]. The standard InChI is InChI=1S/2C26H28N2O4.C15H21NO4.C13H15NO2.2BrH/c2*29-23(30)8-2-1-3-11-27-14-9-18(10-15-27)22-17-20-16-19-6-4-12-28-13-5-7-21(24(19)28)25(20)32-26(22)31;1-2-20-15(19)12-13-7-10-16(11-8-13)9-5-3-4-6-14(17)18;15-8-10-7-9-3-1-5-14-6-2-4-11(12(9)14)13(10)16;;/h2*9-10,14-17H,1-8,11-13H2;7-8,10-11H,2-6,9,12H2,1H3;7-8,16H,1-6H2;2*1H. The second-order valence-corrected chi connectivity index (χ2v) is 27.1. The minimum absolute atomic E-state index is 0. The number of pyridine rings is 3. The van der Waals surface area contributed by atoms with Crippen LogP contribution in [0.5, 0.6) is 5.75 Å². The number of aromatic hydroxyl groups is 1. The lowest BCUT2D eigenvalue weighted by molar-refractivity contribution is -0.697. The normalized spacial score (nSPS) is 14.3. The van der Waals surface area contributed by atoms with Crippen LogP contribution < -0.4 is 78.7 Å². The van der Waals surface area contributed by atoms with E-state index in [4.69, 9.17) is 23.8 Å². The van der Waals surface area contributed by atoms with Crippen molar-refractivity contribution < 1.29 is 106 Å². The molecule has 22 heteroatoms. The van der Waals surface area contributed by atoms with E-state index < -0.39 is 17.9 Å². The van der Waals surface area contributed by atoms with E-state index in [1.54, 1.807) is 6.92 Å². The molecule has 0 atom stereocenters. The van der Waals surface area contributed by atoms with Gasteiger partial charge in [-0.3, -0.25) is 19.2 Å². The van der Waals surface area contributed by atoms with Gasteiger partial charge in [0.2, 0.25) is 0 Å². The Bertz CT molecular complexity index is 4170. The van der Waals surface area contributed by atoms with Crippen molar-refractivity contribution in [1.29, 1.82) is 0 Å². The van der Waals surface area contributed by atoms with Gasteiger partial charge in [-0.05, 0) is 182 Å². The number of benzene rings is 3. The Kier molecular flexibility index (Phi) is 28.4. The number of anilines is 3. The molecule has 3 N–H and O–H groups in total. The van der Waals surface area contributed by atoms with Gasteiger partial charge in [0, 0.05) is 169 Å². The molecule has 14 rings (SSSR count). The zero-order valence-electron chi connectivity index (χ0n) is 58.4. The molecule has 0 radical (unpaired) electrons. The lowest BCUT2D eigenvalue weighted by atomic mass is 9.89. The minimum atomic E-state index is -0.988. The number of carboxylic acids is 3. The summed E-state index contributed by atoms with van der Waals surface area (Å²) in [6, 6.07) is 21.9. The summed E-state index contributed by atoms with van der Waals surface area (Å²) in [5.74, 6) is -2.46. The summed E-state index contributed by atoms with van der Waals surface area (Å²) >= 11 is 0. The number of hydrogen-bond donors (Lipinski definition) is 3. The van der Waals surface area contributed by atoms with Gasteiger partial charge in [-0.2, -0.15) is 0 Å². The average Bonchev–Trinajstić information content (AvgIpc) is 0.741. The number of carboxylic acid groups (broad SMARTS) is 3. The van der Waals surface area contributed by atoms with Gasteiger partial charge in [-0.15, -0.1) is 0 Å². The molecule has 3 aromatic carbocycles. The number of hydrogen-bond acceptors (Lipinski definition) is 15. The highest BCUT2D eigenvalue weighted by Gasteiger charge is 2.31. The largest absolute Gasteiger partial charge is 1.00 e. The highest BCUT2D eigenvalue weighted by molar-refractivity contribution is 5.92. The van der Waals surface area contributed by atoms with Crippen LogP contribution in [0.15, 0.2) is 122 Å². The fourth-order valence-corrected chi connectivity index (χ4v) is 15.2. The molecule has 6 aliphatic heterocycles. The number of carbonyl (C=O) groups is 5. The lowest BCUT2D eigenvalue weighted by Gasteiger charge is -2.37. The fraction of sp³-hybridized carbons (Fsp3) is 0.450. The number of ether oxygens (including phenoxy) is 1. The number of aliphatic carboxylic acids is 3. The number of carbonyl (C=O) groups excluding carboxylic acids is 3. The van der Waals surface area contributed by atoms with E-state index in [1.165, 1.54) is 57.7 Å². The Morgan fingerprint density at radius 3 is 1.27 bits per heavy atom. The number of phenols is 1. The molecule has 0 spiro atoms. The number of aromatic nitrogens is 3. The minimum Gasteiger partial charge on any atom is -1.00 e. The molecular formula is C80H94Br2N6O14. The van der Waals surface area contributed by atoms with Gasteiger partial charge in [0.25, 0.3) is 0 Å². The van der Waals surface area contributed by atoms with Crippen molar-refractivity contribution in [1.82, 2.24) is 0 Å². The topological polar surface area (TPSA) is 260 Å². The van der Waals surface area contributed by atoms with Crippen LogP contribution in [-0.4, -0.2) is 91.4 Å². The molecule has 0 saturated heterocycles. The predicted octanol–water partition coefficient (Wildman–Crippen LogP) is 4.48. The number of aryl methyl sites for hydroxylation is 8. The number of aldehydes is 1. The lowest BCUT2D eigenvalue weighted by Crippen LogP contribution is -3.00. The molecule has 6 aliphatic rings. The Morgan fingerprint density at radius 2 is 0.882 bits per heavy atom. The molecule has 542 valence electrons. The van der Waals surface area contributed by atoms with Crippen LogP contribution in [-0.2, 0) is 88.5 Å². The highest BCUT2D eigenvalue weighted by Crippen LogP contribution is 2.44. The Morgan fingerprint density at radius 1 is 0.510 bits per heavy atom. The Labute approximate surface area is 616 Å². The van der Waals surface area contributed by atoms with Crippen LogP contribution in [0.1, 0.15) is 172 Å². The molecule has 20 nitrogen and oxygen atoms in total. The molecular weight excluding hydrogens is 1430 g/mol. The molecule has 0 aliphatic carbocycles. The van der Waals surface area contributed by atoms with E-state index >= 15 is 0 Å².